The molecule has 4 aromatic rings. The van der Waals surface area contributed by atoms with Gasteiger partial charge in [-0.1, -0.05) is 111 Å². The van der Waals surface area contributed by atoms with Crippen LogP contribution in [0.3, 0.4) is 0 Å². The van der Waals surface area contributed by atoms with Gasteiger partial charge in [0, 0.05) is 114 Å². The zero-order chi connectivity index (χ0) is 90.3. The number of benzene rings is 4. The molecule has 13 N–H and O–H groups in total. The van der Waals surface area contributed by atoms with Gasteiger partial charge in [-0.3, -0.25) is 23.5 Å². The van der Waals surface area contributed by atoms with Crippen LogP contribution in [0.4, 0.5) is 22.7 Å². The van der Waals surface area contributed by atoms with E-state index in [2.05, 4.69) is 15.1 Å². The molecule has 0 aromatic heterocycles. The second-order valence-electron chi connectivity index (χ2n) is 31.1. The first-order chi connectivity index (χ1) is 55.2. The van der Waals surface area contributed by atoms with Crippen LogP contribution in [0.1, 0.15) is 168 Å². The quantitative estimate of drug-likeness (QED) is 0.00306. The molecule has 1 saturated heterocycles. The van der Waals surface area contributed by atoms with Gasteiger partial charge < -0.3 is 121 Å². The third-order valence-electron chi connectivity index (χ3n) is 21.5. The predicted octanol–water partition coefficient (Wildman–Crippen LogP) is -5.13. The number of nitrogens with one attached hydrogen (secondary N) is 1. The largest absolute Gasteiger partial charge is 1.00 e. The molecule has 0 spiro atoms. The summed E-state index contributed by atoms with van der Waals surface area (Å²) in [6.07, 6.45) is 20.7. The van der Waals surface area contributed by atoms with Gasteiger partial charge in [-0.2, -0.15) is 9.15 Å². The third kappa shape index (κ3) is 28.3. The number of anilines is 2. The van der Waals surface area contributed by atoms with Gasteiger partial charge in [0.1, 0.15) is 34.3 Å². The normalized spacial score (nSPS) is 18.6. The number of nitrogens with zero attached hydrogens (tertiary/aromatic N) is 5. The summed E-state index contributed by atoms with van der Waals surface area (Å²) in [6.45, 7) is 16.8. The maximum Gasteiger partial charge on any atom is 1.00 e. The number of nitrogens with two attached hydrogens (primary N) is 1. The van der Waals surface area contributed by atoms with Crippen molar-refractivity contribution in [1.82, 2.24) is 10.4 Å². The first-order valence-corrected chi connectivity index (χ1v) is 48.8. The van der Waals surface area contributed by atoms with Crippen LogP contribution in [0.5, 0.6) is 0 Å². The summed E-state index contributed by atoms with van der Waals surface area (Å²) in [5.41, 5.74) is 12.9. The Morgan fingerprint density at radius 1 is 0.532 bits per heavy atom. The SMILES string of the molecule is C[N+]1=C(C=CC=CC=C2N(CCCCCC(=O)NCCCC(O)(P(=O)([O-])O)P(=O)(O)O)c3ccc([S-](=O)=O)cc3C2(C)C)C(C)(C)c2cc(S(=O)(=O)[O-])ccc21.C[N+]1=C(C=CC=CC=C2N(CCCCCC(=O)ON3C(=O)CCC3=O)c3ccc([S-](=O)=O)cc3C2(C)C)C(C)(C)c2cc(S(=O)(=O)[O-])ccc21.NCCCC(O)(P(=O)([O-])O)P(=O)(O)O.[Na+].[Na+].[Na+].[Na+].[OH-].[OH-]. The smallest absolute Gasteiger partial charge is 0.870 e. The van der Waals surface area contributed by atoms with Crippen LogP contribution in [0.25, 0.3) is 0 Å². The molecule has 5 heterocycles. The van der Waals surface area contributed by atoms with Crippen LogP contribution in [-0.4, -0.2) is 176 Å². The molecule has 38 nitrogen and oxygen atoms in total. The fourth-order valence-electron chi connectivity index (χ4n) is 14.8. The summed E-state index contributed by atoms with van der Waals surface area (Å²) in [4.78, 5) is 132. The minimum Gasteiger partial charge on any atom is -0.870 e. The first kappa shape index (κ1) is 120. The molecule has 0 saturated carbocycles. The molecule has 5 aliphatic rings. The van der Waals surface area contributed by atoms with Gasteiger partial charge in [0.2, 0.25) is 27.4 Å². The van der Waals surface area contributed by atoms with E-state index in [-0.39, 0.29) is 200 Å². The molecular weight excluding hydrogens is 1850 g/mol. The third-order valence-corrected chi connectivity index (χ3v) is 32.1. The second-order valence-corrected chi connectivity index (χ2v) is 43.6. The zero-order valence-electron chi connectivity index (χ0n) is 72.2. The van der Waals surface area contributed by atoms with Crippen molar-refractivity contribution in [2.45, 2.75) is 197 Å². The van der Waals surface area contributed by atoms with E-state index >= 15 is 0 Å². The van der Waals surface area contributed by atoms with Crippen molar-refractivity contribution in [2.75, 3.05) is 50.1 Å². The van der Waals surface area contributed by atoms with Crippen LogP contribution in [0, 0.1) is 0 Å². The van der Waals surface area contributed by atoms with E-state index in [0.29, 0.717) is 56.7 Å². The maximum atomic E-state index is 12.4. The van der Waals surface area contributed by atoms with Crippen molar-refractivity contribution >= 4 is 130 Å². The van der Waals surface area contributed by atoms with Gasteiger partial charge >= 0.3 is 139 Å². The second kappa shape index (κ2) is 48.1. The number of aliphatic hydroxyl groups is 2. The Morgan fingerprint density at radius 3 is 1.24 bits per heavy atom. The molecule has 5 aliphatic heterocycles. The summed E-state index contributed by atoms with van der Waals surface area (Å²) in [7, 11) is -32.6. The average Bonchev–Trinajstić information content (AvgIpc) is 1.59. The molecule has 3 amide bonds. The average molecular weight is 1950 g/mol. The number of allylic oxidation sites excluding steroid dienone is 12. The van der Waals surface area contributed by atoms with Gasteiger partial charge in [0.15, 0.2) is 26.6 Å². The van der Waals surface area contributed by atoms with E-state index < -0.39 is 140 Å². The number of hydroxylamine groups is 2. The van der Waals surface area contributed by atoms with Crippen molar-refractivity contribution in [3.63, 3.8) is 0 Å². The van der Waals surface area contributed by atoms with Gasteiger partial charge in [0.25, 0.3) is 11.8 Å². The number of imide groups is 1. The maximum absolute atomic E-state index is 12.4. The molecule has 0 radical (unpaired) electrons. The number of hydrogen-bond acceptors (Lipinski definition) is 30. The van der Waals surface area contributed by atoms with E-state index in [1.54, 1.807) is 42.5 Å². The molecule has 676 valence electrons. The number of amides is 3. The Kier molecular flexibility index (Phi) is 46.0. The number of carbonyl (C=O) groups excluding carboxylic acids is 4. The van der Waals surface area contributed by atoms with Crippen molar-refractivity contribution in [1.29, 1.82) is 0 Å². The molecule has 4 atom stereocenters. The minimum absolute atomic E-state index is 0. The summed E-state index contributed by atoms with van der Waals surface area (Å²) >= 11 is 0. The summed E-state index contributed by atoms with van der Waals surface area (Å²) in [5.74, 6) is -2.05. The number of rotatable bonds is 34. The van der Waals surface area contributed by atoms with Crippen molar-refractivity contribution in [3.05, 3.63) is 167 Å². The fraction of sp³-hybridized carbons (Fsp3) is 0.447. The van der Waals surface area contributed by atoms with Crippen molar-refractivity contribution < 1.29 is 273 Å². The zero-order valence-corrected chi connectivity index (χ0v) is 87.1. The van der Waals surface area contributed by atoms with Crippen molar-refractivity contribution in [2.24, 2.45) is 5.73 Å². The van der Waals surface area contributed by atoms with E-state index in [4.69, 9.17) is 30.1 Å². The number of carbonyl (C=O) groups is 4. The van der Waals surface area contributed by atoms with E-state index in [0.717, 1.165) is 67.8 Å². The van der Waals surface area contributed by atoms with E-state index in [9.17, 15) is 110 Å². The number of hydrogen-bond donors (Lipinski definition) is 10. The molecule has 9 rings (SSSR count). The Bertz CT molecular complexity index is 5500. The molecule has 126 heavy (non-hydrogen) atoms. The monoisotopic (exact) mass is 1950 g/mol. The predicted molar refractivity (Wildman–Crippen MR) is 439 cm³/mol. The first-order valence-electron chi connectivity index (χ1n) is 37.5. The minimum atomic E-state index is -5.82. The standard InChI is InChI=1S/C36H48N3O13P2S2.C36H40N3O9S2.C4H13NO7P2.4Na.2H2O/c1-34(2)28-24-26(56(50,51)52)17-19-29(28)38(5)31(34)13-8-6-9-14-32-35(3,4)27-23-25(55(48)49)16-18-30(27)39(32)22-11-7-10-15-33(40)37-21-12-20-36(41,53(42,43)44)54(45,46)47;1-35(2)27-23-25(50(45,46)47)16-18-28(27)37(5)30(35)12-8-6-9-13-31-36(3,4)26-22-24(49(43)44)15-17-29(26)38(31)21-11-7-10-14-34(42)48-39-32(40)19-20-33(39)41;5-3-1-2-4(6,13(7,8)9)14(10,11)12;;;;;;/h6,8-9,13-14,16-19,23-24,41H,7,10-12,15,20-22H2,1-5H3,(H5-,37,40,42,43,44,45,46,47,50,51,52);6,8-9,12-13,15-18,22-23H,7,10-11,14,19-21H2,1-5H3;6H,1-3,5H2,(H2,7,8,9)(H2,10,11,12);;;;;2*1H2/q2*-1;;4*+1;;/p-4. The Labute approximate surface area is 823 Å². The molecule has 4 aromatic carbocycles. The fourth-order valence-corrected chi connectivity index (χ4v) is 21.0. The van der Waals surface area contributed by atoms with Gasteiger partial charge in [-0.25, -0.2) is 21.6 Å². The van der Waals surface area contributed by atoms with Crippen LogP contribution in [-0.2, 0) is 122 Å². The summed E-state index contributed by atoms with van der Waals surface area (Å²) in [5, 5.41) is 15.1. The summed E-state index contributed by atoms with van der Waals surface area (Å²) in [6, 6.07) is 18.8. The van der Waals surface area contributed by atoms with E-state index in [1.807, 2.05) is 145 Å². The Balaban J connectivity index is 0.00000105. The van der Waals surface area contributed by atoms with Gasteiger partial charge in [0.05, 0.1) is 20.6 Å². The topological polar surface area (TPSA) is 650 Å². The van der Waals surface area contributed by atoms with Crippen LogP contribution in [0.2, 0.25) is 0 Å². The van der Waals surface area contributed by atoms with Gasteiger partial charge in [-0.15, -0.1) is 5.06 Å². The Morgan fingerprint density at radius 2 is 0.897 bits per heavy atom. The van der Waals surface area contributed by atoms with Crippen LogP contribution < -0.4 is 149 Å². The van der Waals surface area contributed by atoms with Crippen molar-refractivity contribution in [3.8, 4) is 0 Å². The molecule has 0 bridgehead atoms. The Hall–Kier alpha value is -3.54. The van der Waals surface area contributed by atoms with E-state index in [1.165, 1.54) is 24.3 Å². The number of fused-ring (bicyclic) bond motifs is 4. The molecule has 0 aliphatic carbocycles. The molecule has 1 fully saturated rings. The molecule has 4 unspecified atom stereocenters. The molecule has 50 heteroatoms. The number of unbranched alkanes of at least 4 members (excludes halogenated alkanes) is 4. The molecular formula is C76H101N7Na4O31P4S4-2. The van der Waals surface area contributed by atoms with Crippen LogP contribution in [0.15, 0.2) is 165 Å². The van der Waals surface area contributed by atoms with Gasteiger partial charge in [-0.05, 0) is 167 Å². The van der Waals surface area contributed by atoms with Crippen LogP contribution >= 0.6 is 30.4 Å². The summed E-state index contributed by atoms with van der Waals surface area (Å²) < 4.78 is 165.